The van der Waals surface area contributed by atoms with Crippen molar-refractivity contribution < 1.29 is 33.6 Å². The van der Waals surface area contributed by atoms with Crippen LogP contribution in [0.1, 0.15) is 65.2 Å². The molecule has 0 amide bonds. The lowest BCUT2D eigenvalue weighted by Gasteiger charge is -2.14. The van der Waals surface area contributed by atoms with E-state index < -0.39 is 12.3 Å². The smallest absolute Gasteiger partial charge is 0.361 e. The van der Waals surface area contributed by atoms with Gasteiger partial charge in [0.15, 0.2) is 0 Å². The Morgan fingerprint density at radius 3 is 1.70 bits per heavy atom. The van der Waals surface area contributed by atoms with Crippen LogP contribution in [0.3, 0.4) is 0 Å². The molecule has 0 saturated heterocycles. The lowest BCUT2D eigenvalue weighted by Crippen LogP contribution is -2.29. The van der Waals surface area contributed by atoms with E-state index in [0.29, 0.717) is 46.2 Å². The Bertz CT molecular complexity index is 313. The molecule has 7 heteroatoms. The van der Waals surface area contributed by atoms with E-state index >= 15 is 0 Å². The molecule has 0 aliphatic rings. The van der Waals surface area contributed by atoms with Gasteiger partial charge >= 0.3 is 5.97 Å². The zero-order valence-electron chi connectivity index (χ0n) is 17.3. The Morgan fingerprint density at radius 1 is 0.667 bits per heavy atom. The van der Waals surface area contributed by atoms with E-state index in [1.54, 1.807) is 0 Å². The summed E-state index contributed by atoms with van der Waals surface area (Å²) in [5, 5.41) is 9.12. The normalized spacial score (nSPS) is 12.4. The zero-order valence-corrected chi connectivity index (χ0v) is 17.3. The van der Waals surface area contributed by atoms with Crippen molar-refractivity contribution in [2.45, 2.75) is 71.5 Å². The maximum Gasteiger partial charge on any atom is 0.361 e. The van der Waals surface area contributed by atoms with Crippen LogP contribution in [0.4, 0.5) is 0 Å². The number of aliphatic carboxylic acids is 1. The van der Waals surface area contributed by atoms with Crippen molar-refractivity contribution in [2.24, 2.45) is 0 Å². The summed E-state index contributed by atoms with van der Waals surface area (Å²) in [5.41, 5.74) is 0. The lowest BCUT2D eigenvalue weighted by molar-refractivity contribution is -0.192. The van der Waals surface area contributed by atoms with Gasteiger partial charge in [0, 0.05) is 6.61 Å². The third-order valence-electron chi connectivity index (χ3n) is 3.91. The summed E-state index contributed by atoms with van der Waals surface area (Å²) in [4.78, 5) is 11.1. The molecule has 0 fully saturated rings. The predicted octanol–water partition coefficient (Wildman–Crippen LogP) is 3.64. The van der Waals surface area contributed by atoms with Crippen molar-refractivity contribution in [3.63, 3.8) is 0 Å². The Balaban J connectivity index is 3.46. The number of carbonyl (C=O) groups is 1. The molecule has 0 spiro atoms. The second-order valence-corrected chi connectivity index (χ2v) is 6.31. The molecule has 0 aromatic heterocycles. The molecule has 1 atom stereocenters. The van der Waals surface area contributed by atoms with Crippen molar-refractivity contribution in [1.29, 1.82) is 0 Å². The quantitative estimate of drug-likeness (QED) is 0.222. The lowest BCUT2D eigenvalue weighted by atomic mass is 10.1. The first-order valence-corrected chi connectivity index (χ1v) is 10.4. The maximum atomic E-state index is 11.1. The van der Waals surface area contributed by atoms with Gasteiger partial charge in [0.2, 0.25) is 0 Å². The highest BCUT2D eigenvalue weighted by molar-refractivity contribution is 5.70. The minimum atomic E-state index is -1.22. The van der Waals surface area contributed by atoms with E-state index in [4.69, 9.17) is 28.8 Å². The highest BCUT2D eigenvalue weighted by atomic mass is 16.7. The Hall–Kier alpha value is -0.730. The summed E-state index contributed by atoms with van der Waals surface area (Å²) in [6.07, 6.45) is 8.28. The molecule has 0 heterocycles. The average Bonchev–Trinajstić information content (AvgIpc) is 2.66. The van der Waals surface area contributed by atoms with Crippen molar-refractivity contribution >= 4 is 5.97 Å². The van der Waals surface area contributed by atoms with Gasteiger partial charge in [0.25, 0.3) is 6.29 Å². The highest BCUT2D eigenvalue weighted by Gasteiger charge is 2.18. The number of carboxylic acid groups (broad SMARTS) is 1. The fraction of sp³-hybridized carbons (Fsp3) is 0.950. The van der Waals surface area contributed by atoms with Gasteiger partial charge in [-0.15, -0.1) is 0 Å². The minimum Gasteiger partial charge on any atom is -0.477 e. The van der Waals surface area contributed by atoms with Crippen molar-refractivity contribution in [3.8, 4) is 0 Å². The molecule has 0 radical (unpaired) electrons. The number of rotatable bonds is 22. The fourth-order valence-electron chi connectivity index (χ4n) is 2.42. The molecule has 162 valence electrons. The molecule has 0 rings (SSSR count). The van der Waals surface area contributed by atoms with Gasteiger partial charge in [-0.05, 0) is 13.3 Å². The summed E-state index contributed by atoms with van der Waals surface area (Å²) in [7, 11) is 0. The first-order chi connectivity index (χ1) is 13.2. The molecule has 0 aliphatic heterocycles. The number of carboxylic acids is 1. The van der Waals surface area contributed by atoms with E-state index in [1.807, 2.05) is 6.92 Å². The van der Waals surface area contributed by atoms with Crippen molar-refractivity contribution in [3.05, 3.63) is 0 Å². The largest absolute Gasteiger partial charge is 0.477 e. The van der Waals surface area contributed by atoms with Gasteiger partial charge in [-0.1, -0.05) is 51.9 Å². The van der Waals surface area contributed by atoms with E-state index in [9.17, 15) is 4.79 Å². The van der Waals surface area contributed by atoms with Crippen LogP contribution in [0.2, 0.25) is 0 Å². The second-order valence-electron chi connectivity index (χ2n) is 6.31. The molecule has 27 heavy (non-hydrogen) atoms. The molecule has 0 aromatic rings. The van der Waals surface area contributed by atoms with Crippen molar-refractivity contribution in [2.75, 3.05) is 52.9 Å². The Labute approximate surface area is 164 Å². The third kappa shape index (κ3) is 19.8. The average molecular weight is 393 g/mol. The van der Waals surface area contributed by atoms with Gasteiger partial charge in [0.1, 0.15) is 0 Å². The monoisotopic (exact) mass is 392 g/mol. The van der Waals surface area contributed by atoms with Gasteiger partial charge in [-0.3, -0.25) is 0 Å². The topological polar surface area (TPSA) is 83.5 Å². The van der Waals surface area contributed by atoms with Crippen LogP contribution in [-0.2, 0) is 28.5 Å². The first kappa shape index (κ1) is 26.3. The number of ether oxygens (including phenoxy) is 5. The Morgan fingerprint density at radius 2 is 1.15 bits per heavy atom. The SMILES string of the molecule is CCCCCCCCCCOC(OCCOCCOCCOCC)C(=O)O. The molecule has 0 saturated carbocycles. The molecule has 1 N–H and O–H groups in total. The summed E-state index contributed by atoms with van der Waals surface area (Å²) in [6.45, 7) is 7.75. The van der Waals surface area contributed by atoms with E-state index in [0.717, 1.165) is 12.8 Å². The molecule has 0 aromatic carbocycles. The van der Waals surface area contributed by atoms with Gasteiger partial charge in [-0.25, -0.2) is 4.79 Å². The molecular weight excluding hydrogens is 352 g/mol. The molecular formula is C20H40O7. The van der Waals surface area contributed by atoms with Gasteiger partial charge < -0.3 is 28.8 Å². The van der Waals surface area contributed by atoms with Crippen LogP contribution in [0.5, 0.6) is 0 Å². The molecule has 1 unspecified atom stereocenters. The van der Waals surface area contributed by atoms with Crippen LogP contribution in [0.15, 0.2) is 0 Å². The highest BCUT2D eigenvalue weighted by Crippen LogP contribution is 2.09. The van der Waals surface area contributed by atoms with Crippen LogP contribution in [0.25, 0.3) is 0 Å². The summed E-state index contributed by atoms with van der Waals surface area (Å²) in [5.74, 6) is -1.10. The van der Waals surface area contributed by atoms with Crippen LogP contribution in [0, 0.1) is 0 Å². The summed E-state index contributed by atoms with van der Waals surface area (Å²) in [6, 6.07) is 0. The third-order valence-corrected chi connectivity index (χ3v) is 3.91. The molecule has 7 nitrogen and oxygen atoms in total. The van der Waals surface area contributed by atoms with Crippen LogP contribution in [-0.4, -0.2) is 70.2 Å². The summed E-state index contributed by atoms with van der Waals surface area (Å²) < 4.78 is 26.3. The second kappa shape index (κ2) is 21.6. The zero-order chi connectivity index (χ0) is 20.0. The molecule has 0 bridgehead atoms. The van der Waals surface area contributed by atoms with Crippen LogP contribution >= 0.6 is 0 Å². The molecule has 0 aliphatic carbocycles. The first-order valence-electron chi connectivity index (χ1n) is 10.4. The van der Waals surface area contributed by atoms with Crippen molar-refractivity contribution in [1.82, 2.24) is 0 Å². The van der Waals surface area contributed by atoms with Crippen LogP contribution < -0.4 is 0 Å². The fourth-order valence-corrected chi connectivity index (χ4v) is 2.42. The standard InChI is InChI=1S/C20H40O7/c1-3-5-6-7-8-9-10-11-12-26-20(19(21)22)27-18-17-25-16-15-24-14-13-23-4-2/h20H,3-18H2,1-2H3,(H,21,22). The summed E-state index contributed by atoms with van der Waals surface area (Å²) >= 11 is 0. The Kier molecular flexibility index (Phi) is 21.0. The number of hydrogen-bond acceptors (Lipinski definition) is 6. The van der Waals surface area contributed by atoms with Gasteiger partial charge in [0.05, 0.1) is 46.2 Å². The number of hydrogen-bond donors (Lipinski definition) is 1. The predicted molar refractivity (Wildman–Crippen MR) is 104 cm³/mol. The van der Waals surface area contributed by atoms with E-state index in [2.05, 4.69) is 6.92 Å². The maximum absolute atomic E-state index is 11.1. The van der Waals surface area contributed by atoms with E-state index in [1.165, 1.54) is 38.5 Å². The van der Waals surface area contributed by atoms with Gasteiger partial charge in [-0.2, -0.15) is 0 Å². The number of unbranched alkanes of at least 4 members (excludes halogenated alkanes) is 7. The van der Waals surface area contributed by atoms with E-state index in [-0.39, 0.29) is 6.61 Å². The minimum absolute atomic E-state index is 0.174.